The molecular weight excluding hydrogens is 176 g/mol. The van der Waals surface area contributed by atoms with Crippen molar-refractivity contribution in [2.24, 2.45) is 0 Å². The molecule has 0 unspecified atom stereocenters. The van der Waals surface area contributed by atoms with Gasteiger partial charge in [0.2, 0.25) is 0 Å². The van der Waals surface area contributed by atoms with Crippen LogP contribution >= 0.6 is 0 Å². The number of hydrogen-bond acceptors (Lipinski definition) is 2. The Morgan fingerprint density at radius 3 is 3.21 bits per heavy atom. The number of rotatable bonds is 2. The molecule has 0 aliphatic rings. The molecule has 0 aromatic carbocycles. The van der Waals surface area contributed by atoms with Crippen molar-refractivity contribution >= 4 is 17.3 Å². The molecule has 0 atom stereocenters. The van der Waals surface area contributed by atoms with Gasteiger partial charge in [-0.2, -0.15) is 0 Å². The second-order valence-corrected chi connectivity index (χ2v) is 2.91. The van der Waals surface area contributed by atoms with E-state index < -0.39 is 0 Å². The standard InChI is InChI=1S/C11H8N2O/c1-2-6-13-7-9(8-14)10-4-3-5-12-11(10)13/h1,3-5,7-8H,6H2. The fourth-order valence-electron chi connectivity index (χ4n) is 1.46. The minimum absolute atomic E-state index is 0.432. The van der Waals surface area contributed by atoms with Crippen LogP contribution in [0.1, 0.15) is 10.4 Å². The first-order valence-electron chi connectivity index (χ1n) is 4.19. The third-order valence-electron chi connectivity index (χ3n) is 2.05. The normalized spacial score (nSPS) is 9.93. The van der Waals surface area contributed by atoms with Gasteiger partial charge in [-0.05, 0) is 12.1 Å². The largest absolute Gasteiger partial charge is 0.320 e. The van der Waals surface area contributed by atoms with Crippen molar-refractivity contribution < 1.29 is 4.79 Å². The number of carbonyl (C=O) groups is 1. The number of carbonyl (C=O) groups excluding carboxylic acids is 1. The van der Waals surface area contributed by atoms with E-state index in [-0.39, 0.29) is 0 Å². The lowest BCUT2D eigenvalue weighted by Gasteiger charge is -1.96. The first kappa shape index (κ1) is 8.52. The van der Waals surface area contributed by atoms with Gasteiger partial charge in [0.15, 0.2) is 6.29 Å². The van der Waals surface area contributed by atoms with Gasteiger partial charge in [-0.15, -0.1) is 6.42 Å². The first-order valence-corrected chi connectivity index (χ1v) is 4.19. The van der Waals surface area contributed by atoms with Crippen LogP contribution in [-0.4, -0.2) is 15.8 Å². The van der Waals surface area contributed by atoms with Crippen molar-refractivity contribution in [3.63, 3.8) is 0 Å². The van der Waals surface area contributed by atoms with E-state index in [0.717, 1.165) is 17.3 Å². The summed E-state index contributed by atoms with van der Waals surface area (Å²) in [5.74, 6) is 2.52. The van der Waals surface area contributed by atoms with Crippen molar-refractivity contribution in [3.8, 4) is 12.3 Å². The number of pyridine rings is 1. The molecule has 2 aromatic rings. The summed E-state index contributed by atoms with van der Waals surface area (Å²) in [6.45, 7) is 0.432. The minimum Gasteiger partial charge on any atom is -0.320 e. The van der Waals surface area contributed by atoms with Crippen LogP contribution < -0.4 is 0 Å². The van der Waals surface area contributed by atoms with Crippen LogP contribution in [0, 0.1) is 12.3 Å². The highest BCUT2D eigenvalue weighted by molar-refractivity contribution is 5.95. The van der Waals surface area contributed by atoms with E-state index in [9.17, 15) is 4.79 Å². The highest BCUT2D eigenvalue weighted by atomic mass is 16.1. The van der Waals surface area contributed by atoms with E-state index in [1.165, 1.54) is 0 Å². The molecular formula is C11H8N2O. The molecule has 0 radical (unpaired) electrons. The molecule has 2 rings (SSSR count). The fraction of sp³-hybridized carbons (Fsp3) is 0.0909. The average molecular weight is 184 g/mol. The Hall–Kier alpha value is -2.08. The molecule has 2 heterocycles. The summed E-state index contributed by atoms with van der Waals surface area (Å²) in [5.41, 5.74) is 1.39. The molecule has 0 aliphatic carbocycles. The molecule has 68 valence electrons. The highest BCUT2D eigenvalue weighted by Gasteiger charge is 2.06. The predicted molar refractivity (Wildman–Crippen MR) is 54.0 cm³/mol. The lowest BCUT2D eigenvalue weighted by Crippen LogP contribution is -1.93. The van der Waals surface area contributed by atoms with Gasteiger partial charge in [-0.3, -0.25) is 4.79 Å². The molecule has 0 aliphatic heterocycles. The van der Waals surface area contributed by atoms with E-state index in [1.807, 2.05) is 6.07 Å². The van der Waals surface area contributed by atoms with E-state index in [0.29, 0.717) is 12.1 Å². The van der Waals surface area contributed by atoms with Crippen LogP contribution in [0.5, 0.6) is 0 Å². The molecule has 3 heteroatoms. The Labute approximate surface area is 81.4 Å². The smallest absolute Gasteiger partial charge is 0.152 e. The lowest BCUT2D eigenvalue weighted by molar-refractivity contribution is 0.112. The lowest BCUT2D eigenvalue weighted by atomic mass is 10.2. The number of fused-ring (bicyclic) bond motifs is 1. The van der Waals surface area contributed by atoms with Gasteiger partial charge in [0.05, 0.1) is 6.54 Å². The maximum Gasteiger partial charge on any atom is 0.152 e. The Bertz CT molecular complexity index is 520. The second-order valence-electron chi connectivity index (χ2n) is 2.91. The van der Waals surface area contributed by atoms with Crippen LogP contribution in [0.4, 0.5) is 0 Å². The molecule has 0 saturated heterocycles. The summed E-state index contributed by atoms with van der Waals surface area (Å²) in [7, 11) is 0. The zero-order valence-corrected chi connectivity index (χ0v) is 7.47. The molecule has 0 fully saturated rings. The predicted octanol–water partition coefficient (Wildman–Crippen LogP) is 1.48. The summed E-state index contributed by atoms with van der Waals surface area (Å²) < 4.78 is 1.79. The van der Waals surface area contributed by atoms with E-state index in [1.54, 1.807) is 23.0 Å². The molecule has 3 nitrogen and oxygen atoms in total. The molecule has 0 N–H and O–H groups in total. The van der Waals surface area contributed by atoms with Crippen molar-refractivity contribution in [1.29, 1.82) is 0 Å². The van der Waals surface area contributed by atoms with Gasteiger partial charge in [0.25, 0.3) is 0 Å². The molecule has 0 saturated carbocycles. The molecule has 2 aromatic heterocycles. The topological polar surface area (TPSA) is 34.9 Å². The summed E-state index contributed by atoms with van der Waals surface area (Å²) in [5, 5.41) is 0.845. The zero-order valence-electron chi connectivity index (χ0n) is 7.47. The monoisotopic (exact) mass is 184 g/mol. The van der Waals surface area contributed by atoms with E-state index in [2.05, 4.69) is 10.9 Å². The third kappa shape index (κ3) is 1.17. The maximum atomic E-state index is 10.7. The number of terminal acetylenes is 1. The summed E-state index contributed by atoms with van der Waals surface area (Å²) in [4.78, 5) is 14.9. The highest BCUT2D eigenvalue weighted by Crippen LogP contribution is 2.17. The zero-order chi connectivity index (χ0) is 9.97. The van der Waals surface area contributed by atoms with Gasteiger partial charge < -0.3 is 4.57 Å². The van der Waals surface area contributed by atoms with Crippen LogP contribution in [0.2, 0.25) is 0 Å². The second kappa shape index (κ2) is 3.35. The van der Waals surface area contributed by atoms with Gasteiger partial charge in [0, 0.05) is 23.3 Å². The van der Waals surface area contributed by atoms with Crippen molar-refractivity contribution in [3.05, 3.63) is 30.1 Å². The van der Waals surface area contributed by atoms with Crippen LogP contribution in [0.25, 0.3) is 11.0 Å². The third-order valence-corrected chi connectivity index (χ3v) is 2.05. The average Bonchev–Trinajstić information content (AvgIpc) is 2.58. The molecule has 14 heavy (non-hydrogen) atoms. The van der Waals surface area contributed by atoms with Crippen LogP contribution in [0.3, 0.4) is 0 Å². The van der Waals surface area contributed by atoms with Gasteiger partial charge in [-0.25, -0.2) is 4.98 Å². The van der Waals surface area contributed by atoms with E-state index in [4.69, 9.17) is 6.42 Å². The Balaban J connectivity index is 2.74. The Kier molecular flexibility index (Phi) is 2.04. The quantitative estimate of drug-likeness (QED) is 0.523. The maximum absolute atomic E-state index is 10.7. The Morgan fingerprint density at radius 1 is 1.64 bits per heavy atom. The summed E-state index contributed by atoms with van der Waals surface area (Å²) in [6.07, 6.45) is 9.44. The summed E-state index contributed by atoms with van der Waals surface area (Å²) >= 11 is 0. The van der Waals surface area contributed by atoms with Crippen molar-refractivity contribution in [2.75, 3.05) is 0 Å². The molecule has 0 bridgehead atoms. The number of aromatic nitrogens is 2. The first-order chi connectivity index (χ1) is 6.86. The minimum atomic E-state index is 0.432. The van der Waals surface area contributed by atoms with Gasteiger partial charge >= 0.3 is 0 Å². The number of aldehydes is 1. The van der Waals surface area contributed by atoms with E-state index >= 15 is 0 Å². The van der Waals surface area contributed by atoms with Crippen molar-refractivity contribution in [2.45, 2.75) is 6.54 Å². The molecule has 0 spiro atoms. The summed E-state index contributed by atoms with van der Waals surface area (Å²) in [6, 6.07) is 3.66. The van der Waals surface area contributed by atoms with Crippen molar-refractivity contribution in [1.82, 2.24) is 9.55 Å². The Morgan fingerprint density at radius 2 is 2.50 bits per heavy atom. The van der Waals surface area contributed by atoms with Crippen LogP contribution in [0.15, 0.2) is 24.5 Å². The SMILES string of the molecule is C#CCn1cc(C=O)c2cccnc21. The number of hydrogen-bond donors (Lipinski definition) is 0. The fourth-order valence-corrected chi connectivity index (χ4v) is 1.46. The van der Waals surface area contributed by atoms with Gasteiger partial charge in [0.1, 0.15) is 5.65 Å². The van der Waals surface area contributed by atoms with Crippen LogP contribution in [-0.2, 0) is 6.54 Å². The van der Waals surface area contributed by atoms with Gasteiger partial charge in [-0.1, -0.05) is 5.92 Å². The molecule has 0 amide bonds. The number of nitrogens with zero attached hydrogens (tertiary/aromatic N) is 2.